The van der Waals surface area contributed by atoms with Gasteiger partial charge in [-0.05, 0) is 43.3 Å². The van der Waals surface area contributed by atoms with Crippen LogP contribution in [0, 0.1) is 0 Å². The summed E-state index contributed by atoms with van der Waals surface area (Å²) in [5, 5.41) is 6.47. The van der Waals surface area contributed by atoms with Crippen LogP contribution >= 0.6 is 0 Å². The number of nitrogens with zero attached hydrogens (tertiary/aromatic N) is 2. The molecule has 3 aromatic rings. The molecule has 9 heteroatoms. The monoisotopic (exact) mass is 384 g/mol. The largest absolute Gasteiger partial charge is 0.494 e. The molecule has 9 nitrogen and oxygen atoms in total. The molecule has 2 heterocycles. The Hall–Kier alpha value is -3.75. The minimum absolute atomic E-state index is 0.0737. The van der Waals surface area contributed by atoms with E-state index in [1.165, 1.54) is 16.9 Å². The van der Waals surface area contributed by atoms with Gasteiger partial charge in [0.1, 0.15) is 29.6 Å². The third-order valence-corrected chi connectivity index (χ3v) is 3.82. The van der Waals surface area contributed by atoms with E-state index in [-0.39, 0.29) is 23.7 Å². The molecule has 0 unspecified atom stereocenters. The summed E-state index contributed by atoms with van der Waals surface area (Å²) in [6.07, 6.45) is 1.34. The van der Waals surface area contributed by atoms with Crippen molar-refractivity contribution in [1.29, 1.82) is 0 Å². The first-order valence-corrected chi connectivity index (χ1v) is 8.55. The summed E-state index contributed by atoms with van der Waals surface area (Å²) >= 11 is 0. The number of nitrogens with one attached hydrogen (secondary N) is 1. The minimum Gasteiger partial charge on any atom is -0.494 e. The minimum atomic E-state index is -0.695. The van der Waals surface area contributed by atoms with Crippen LogP contribution in [0.15, 0.2) is 47.0 Å². The predicted octanol–water partition coefficient (Wildman–Crippen LogP) is 2.34. The second-order valence-corrected chi connectivity index (χ2v) is 5.81. The zero-order chi connectivity index (χ0) is 20.1. The maximum absolute atomic E-state index is 12.3. The number of hydrogen-bond acceptors (Lipinski definition) is 6. The topological polar surface area (TPSA) is 122 Å². The van der Waals surface area contributed by atoms with Crippen molar-refractivity contribution in [3.05, 3.63) is 59.8 Å². The molecular weight excluding hydrogens is 364 g/mol. The number of primary amides is 1. The van der Waals surface area contributed by atoms with Gasteiger partial charge in [0.25, 0.3) is 11.8 Å². The first kappa shape index (κ1) is 19.0. The van der Waals surface area contributed by atoms with Crippen molar-refractivity contribution in [3.8, 4) is 11.5 Å². The van der Waals surface area contributed by atoms with Crippen LogP contribution in [0.2, 0.25) is 0 Å². The summed E-state index contributed by atoms with van der Waals surface area (Å²) in [6, 6.07) is 10.4. The molecule has 2 amide bonds. The number of furan rings is 1. The SMILES string of the molecule is CCOc1ccc(OCc2ccc(C(=O)Nc3cnn(C)c3C(N)=O)o2)cc1. The number of amides is 2. The van der Waals surface area contributed by atoms with Gasteiger partial charge in [-0.15, -0.1) is 0 Å². The molecule has 0 aliphatic heterocycles. The van der Waals surface area contributed by atoms with E-state index in [1.54, 1.807) is 25.2 Å². The van der Waals surface area contributed by atoms with E-state index in [4.69, 9.17) is 19.6 Å². The zero-order valence-corrected chi connectivity index (χ0v) is 15.5. The molecular formula is C19H20N4O5. The molecule has 0 saturated heterocycles. The van der Waals surface area contributed by atoms with E-state index in [0.29, 0.717) is 18.1 Å². The Morgan fingerprint density at radius 2 is 1.82 bits per heavy atom. The molecule has 3 rings (SSSR count). The summed E-state index contributed by atoms with van der Waals surface area (Å²) in [6.45, 7) is 2.66. The summed E-state index contributed by atoms with van der Waals surface area (Å²) in [7, 11) is 1.55. The van der Waals surface area contributed by atoms with Crippen LogP contribution in [-0.4, -0.2) is 28.2 Å². The average molecular weight is 384 g/mol. The smallest absolute Gasteiger partial charge is 0.291 e. The molecule has 0 spiro atoms. The van der Waals surface area contributed by atoms with Gasteiger partial charge in [0.15, 0.2) is 5.76 Å². The molecule has 0 saturated carbocycles. The highest BCUT2D eigenvalue weighted by Crippen LogP contribution is 2.20. The van der Waals surface area contributed by atoms with E-state index >= 15 is 0 Å². The fourth-order valence-corrected chi connectivity index (χ4v) is 2.54. The quantitative estimate of drug-likeness (QED) is 0.615. The van der Waals surface area contributed by atoms with Crippen LogP contribution in [0.3, 0.4) is 0 Å². The van der Waals surface area contributed by atoms with Gasteiger partial charge < -0.3 is 24.9 Å². The highest BCUT2D eigenvalue weighted by atomic mass is 16.5. The lowest BCUT2D eigenvalue weighted by molar-refractivity contribution is 0.0992. The summed E-state index contributed by atoms with van der Waals surface area (Å²) < 4.78 is 17.8. The molecule has 0 aliphatic rings. The van der Waals surface area contributed by atoms with Crippen molar-refractivity contribution in [2.45, 2.75) is 13.5 Å². The van der Waals surface area contributed by atoms with E-state index in [0.717, 1.165) is 5.75 Å². The molecule has 0 aliphatic carbocycles. The van der Waals surface area contributed by atoms with Crippen molar-refractivity contribution in [1.82, 2.24) is 9.78 Å². The molecule has 2 aromatic heterocycles. The first-order valence-electron chi connectivity index (χ1n) is 8.55. The number of aromatic nitrogens is 2. The first-order chi connectivity index (χ1) is 13.5. The Kier molecular flexibility index (Phi) is 5.64. The second-order valence-electron chi connectivity index (χ2n) is 5.81. The zero-order valence-electron chi connectivity index (χ0n) is 15.5. The Morgan fingerprint density at radius 3 is 2.46 bits per heavy atom. The Balaban J connectivity index is 1.60. The summed E-state index contributed by atoms with van der Waals surface area (Å²) in [4.78, 5) is 23.8. The number of carbonyl (C=O) groups is 2. The molecule has 28 heavy (non-hydrogen) atoms. The van der Waals surface area contributed by atoms with Crippen LogP contribution < -0.4 is 20.5 Å². The average Bonchev–Trinajstić information content (AvgIpc) is 3.28. The van der Waals surface area contributed by atoms with Gasteiger partial charge in [0.05, 0.1) is 18.5 Å². The number of hydrogen-bond donors (Lipinski definition) is 2. The lowest BCUT2D eigenvalue weighted by atomic mass is 10.3. The van der Waals surface area contributed by atoms with Crippen molar-refractivity contribution in [3.63, 3.8) is 0 Å². The normalized spacial score (nSPS) is 10.5. The van der Waals surface area contributed by atoms with Gasteiger partial charge in [-0.25, -0.2) is 0 Å². The van der Waals surface area contributed by atoms with E-state index < -0.39 is 11.8 Å². The molecule has 0 fully saturated rings. The third-order valence-electron chi connectivity index (χ3n) is 3.82. The Morgan fingerprint density at radius 1 is 1.14 bits per heavy atom. The number of anilines is 1. The highest BCUT2D eigenvalue weighted by molar-refractivity contribution is 6.06. The number of benzene rings is 1. The van der Waals surface area contributed by atoms with Crippen LogP contribution in [0.5, 0.6) is 11.5 Å². The van der Waals surface area contributed by atoms with E-state index in [2.05, 4.69) is 10.4 Å². The molecule has 0 atom stereocenters. The maximum atomic E-state index is 12.3. The molecule has 0 bridgehead atoms. The molecule has 1 aromatic carbocycles. The number of aryl methyl sites for hydroxylation is 1. The van der Waals surface area contributed by atoms with Gasteiger partial charge in [-0.1, -0.05) is 0 Å². The van der Waals surface area contributed by atoms with Gasteiger partial charge in [-0.3, -0.25) is 14.3 Å². The second kappa shape index (κ2) is 8.30. The predicted molar refractivity (Wildman–Crippen MR) is 100 cm³/mol. The Bertz CT molecular complexity index is 975. The number of ether oxygens (including phenoxy) is 2. The van der Waals surface area contributed by atoms with Gasteiger partial charge in [0.2, 0.25) is 0 Å². The molecule has 0 radical (unpaired) electrons. The van der Waals surface area contributed by atoms with E-state index in [9.17, 15) is 9.59 Å². The van der Waals surface area contributed by atoms with E-state index in [1.807, 2.05) is 19.1 Å². The van der Waals surface area contributed by atoms with Crippen LogP contribution in [-0.2, 0) is 13.7 Å². The van der Waals surface area contributed by atoms with Crippen LogP contribution in [0.1, 0.15) is 33.7 Å². The van der Waals surface area contributed by atoms with Gasteiger partial charge >= 0.3 is 0 Å². The van der Waals surface area contributed by atoms with Crippen molar-refractivity contribution >= 4 is 17.5 Å². The number of carbonyl (C=O) groups excluding carboxylic acids is 2. The van der Waals surface area contributed by atoms with Crippen molar-refractivity contribution < 1.29 is 23.5 Å². The van der Waals surface area contributed by atoms with Gasteiger partial charge in [0, 0.05) is 7.05 Å². The lowest BCUT2D eigenvalue weighted by Crippen LogP contribution is -2.20. The molecule has 3 N–H and O–H groups in total. The molecule has 146 valence electrons. The van der Waals surface area contributed by atoms with Crippen LogP contribution in [0.25, 0.3) is 0 Å². The standard InChI is InChI=1S/C19H20N4O5/c1-3-26-12-4-6-13(7-5-12)27-11-14-8-9-16(28-14)19(25)22-15-10-21-23(2)17(15)18(20)24/h4-10H,3,11H2,1-2H3,(H2,20,24)(H,22,25). The summed E-state index contributed by atoms with van der Waals surface area (Å²) in [5.41, 5.74) is 5.61. The fraction of sp³-hybridized carbons (Fsp3) is 0.211. The summed E-state index contributed by atoms with van der Waals surface area (Å²) in [5.74, 6) is 0.733. The fourth-order valence-electron chi connectivity index (χ4n) is 2.54. The van der Waals surface area contributed by atoms with Crippen molar-refractivity contribution in [2.75, 3.05) is 11.9 Å². The van der Waals surface area contributed by atoms with Crippen LogP contribution in [0.4, 0.5) is 5.69 Å². The lowest BCUT2D eigenvalue weighted by Gasteiger charge is -2.06. The Labute approximate surface area is 161 Å². The third kappa shape index (κ3) is 4.32. The van der Waals surface area contributed by atoms with Gasteiger partial charge in [-0.2, -0.15) is 5.10 Å². The number of nitrogens with two attached hydrogens (primary N) is 1. The van der Waals surface area contributed by atoms with Crippen molar-refractivity contribution in [2.24, 2.45) is 12.8 Å². The number of rotatable bonds is 8. The maximum Gasteiger partial charge on any atom is 0.291 e. The highest BCUT2D eigenvalue weighted by Gasteiger charge is 2.18.